The molecule has 0 aromatic rings. The monoisotopic (exact) mass is 259 g/mol. The summed E-state index contributed by atoms with van der Waals surface area (Å²) in [5.74, 6) is 0. The zero-order valence-corrected chi connectivity index (χ0v) is 11.3. The second-order valence-corrected chi connectivity index (χ2v) is 4.44. The topological polar surface area (TPSA) is 54.0 Å². The minimum Gasteiger partial charge on any atom is -0.378 e. The van der Waals surface area contributed by atoms with Gasteiger partial charge in [-0.05, 0) is 7.05 Å². The highest BCUT2D eigenvalue weighted by Gasteiger charge is 2.12. The summed E-state index contributed by atoms with van der Waals surface area (Å²) >= 11 is 0. The third-order valence-corrected chi connectivity index (χ3v) is 2.99. The van der Waals surface area contributed by atoms with E-state index in [1.54, 1.807) is 0 Å². The summed E-state index contributed by atoms with van der Waals surface area (Å²) in [6, 6.07) is 0. The van der Waals surface area contributed by atoms with Crippen LogP contribution in [0.15, 0.2) is 0 Å². The molecule has 1 aliphatic rings. The Kier molecular flexibility index (Phi) is 8.75. The van der Waals surface area contributed by atoms with Gasteiger partial charge in [0.25, 0.3) is 0 Å². The fourth-order valence-electron chi connectivity index (χ4n) is 1.78. The molecule has 106 valence electrons. The molecule has 1 saturated heterocycles. The maximum absolute atomic E-state index is 9.95. The molecule has 0 unspecified atom stereocenters. The van der Waals surface area contributed by atoms with E-state index in [0.29, 0.717) is 32.8 Å². The lowest BCUT2D eigenvalue weighted by atomic mass is 10.3. The second kappa shape index (κ2) is 10.3. The van der Waals surface area contributed by atoms with Crippen molar-refractivity contribution in [1.29, 1.82) is 0 Å². The van der Waals surface area contributed by atoms with E-state index >= 15 is 0 Å². The summed E-state index contributed by atoms with van der Waals surface area (Å²) in [5.41, 5.74) is 0. The van der Waals surface area contributed by atoms with Gasteiger partial charge >= 0.3 is 0 Å². The van der Waals surface area contributed by atoms with Crippen LogP contribution in [-0.2, 0) is 14.3 Å². The smallest absolute Gasteiger partial charge is 0.207 e. The molecule has 0 aromatic heterocycles. The van der Waals surface area contributed by atoms with Crippen LogP contribution in [-0.4, -0.2) is 89.0 Å². The molecule has 1 aliphatic heterocycles. The van der Waals surface area contributed by atoms with Crippen LogP contribution in [0.5, 0.6) is 0 Å². The fourth-order valence-corrected chi connectivity index (χ4v) is 1.78. The van der Waals surface area contributed by atoms with Crippen molar-refractivity contribution in [3.8, 4) is 0 Å². The zero-order chi connectivity index (χ0) is 13.1. The first-order valence-corrected chi connectivity index (χ1v) is 6.56. The van der Waals surface area contributed by atoms with E-state index in [0.717, 1.165) is 39.3 Å². The van der Waals surface area contributed by atoms with Gasteiger partial charge in [-0.25, -0.2) is 0 Å². The van der Waals surface area contributed by atoms with Gasteiger partial charge in [0, 0.05) is 39.3 Å². The number of rotatable bonds is 10. The molecule has 1 heterocycles. The zero-order valence-electron chi connectivity index (χ0n) is 11.3. The van der Waals surface area contributed by atoms with Crippen molar-refractivity contribution in [3.63, 3.8) is 0 Å². The van der Waals surface area contributed by atoms with Gasteiger partial charge in [-0.1, -0.05) is 0 Å². The van der Waals surface area contributed by atoms with E-state index in [9.17, 15) is 4.79 Å². The van der Waals surface area contributed by atoms with E-state index in [1.165, 1.54) is 0 Å². The molecular formula is C12H25N3O3. The van der Waals surface area contributed by atoms with Crippen molar-refractivity contribution < 1.29 is 14.3 Å². The first-order valence-electron chi connectivity index (χ1n) is 6.56. The van der Waals surface area contributed by atoms with Gasteiger partial charge in [-0.15, -0.1) is 0 Å². The Labute approximate surface area is 109 Å². The summed E-state index contributed by atoms with van der Waals surface area (Å²) < 4.78 is 10.8. The maximum atomic E-state index is 9.95. The Morgan fingerprint density at radius 3 is 2.39 bits per heavy atom. The van der Waals surface area contributed by atoms with Crippen LogP contribution in [0.25, 0.3) is 0 Å². The average molecular weight is 259 g/mol. The van der Waals surface area contributed by atoms with Crippen molar-refractivity contribution in [3.05, 3.63) is 0 Å². The number of hydrogen-bond donors (Lipinski definition) is 1. The van der Waals surface area contributed by atoms with Gasteiger partial charge < -0.3 is 19.7 Å². The molecule has 1 fully saturated rings. The van der Waals surface area contributed by atoms with E-state index in [4.69, 9.17) is 9.47 Å². The highest BCUT2D eigenvalue weighted by Crippen LogP contribution is 1.98. The van der Waals surface area contributed by atoms with Gasteiger partial charge in [0.15, 0.2) is 0 Å². The molecule has 0 atom stereocenters. The van der Waals surface area contributed by atoms with Crippen molar-refractivity contribution in [2.45, 2.75) is 0 Å². The van der Waals surface area contributed by atoms with E-state index in [2.05, 4.69) is 22.2 Å². The van der Waals surface area contributed by atoms with Crippen LogP contribution >= 0.6 is 0 Å². The average Bonchev–Trinajstić information content (AvgIpc) is 2.39. The Morgan fingerprint density at radius 1 is 1.06 bits per heavy atom. The number of carbonyl (C=O) groups excluding carboxylic acids is 1. The molecular weight excluding hydrogens is 234 g/mol. The number of amides is 1. The summed E-state index contributed by atoms with van der Waals surface area (Å²) in [5, 5.41) is 2.54. The van der Waals surface area contributed by atoms with Crippen molar-refractivity contribution in [2.24, 2.45) is 0 Å². The van der Waals surface area contributed by atoms with Gasteiger partial charge in [0.1, 0.15) is 0 Å². The third-order valence-electron chi connectivity index (χ3n) is 2.99. The molecule has 0 spiro atoms. The number of hydrogen-bond acceptors (Lipinski definition) is 5. The Bertz CT molecular complexity index is 209. The van der Waals surface area contributed by atoms with Crippen LogP contribution in [0, 0.1) is 0 Å². The summed E-state index contributed by atoms with van der Waals surface area (Å²) in [7, 11) is 2.16. The molecule has 0 aliphatic carbocycles. The van der Waals surface area contributed by atoms with Crippen molar-refractivity contribution >= 4 is 6.41 Å². The van der Waals surface area contributed by atoms with Crippen LogP contribution in [0.4, 0.5) is 0 Å². The lowest BCUT2D eigenvalue weighted by Gasteiger charge is -2.32. The minimum absolute atomic E-state index is 0.542. The molecule has 1 rings (SSSR count). The molecule has 1 amide bonds. The number of ether oxygens (including phenoxy) is 2. The van der Waals surface area contributed by atoms with Gasteiger partial charge in [-0.2, -0.15) is 0 Å². The van der Waals surface area contributed by atoms with Gasteiger partial charge in [0.2, 0.25) is 6.41 Å². The Morgan fingerprint density at radius 2 is 1.72 bits per heavy atom. The predicted molar refractivity (Wildman–Crippen MR) is 69.6 cm³/mol. The van der Waals surface area contributed by atoms with E-state index < -0.39 is 0 Å². The van der Waals surface area contributed by atoms with Crippen molar-refractivity contribution in [1.82, 2.24) is 15.1 Å². The quantitative estimate of drug-likeness (QED) is 0.403. The largest absolute Gasteiger partial charge is 0.378 e. The molecule has 1 N–H and O–H groups in total. The molecule has 18 heavy (non-hydrogen) atoms. The number of carbonyl (C=O) groups is 1. The molecule has 6 heteroatoms. The standard InChI is InChI=1S/C12H25N3O3/c1-14-3-5-15(6-4-14)7-9-18-11-10-17-8-2-13-12-16/h12H,2-11H2,1H3,(H,13,16). The number of nitrogens with zero attached hydrogens (tertiary/aromatic N) is 2. The van der Waals surface area contributed by atoms with Gasteiger partial charge in [0.05, 0.1) is 26.4 Å². The maximum Gasteiger partial charge on any atom is 0.207 e. The first kappa shape index (κ1) is 15.4. The first-order chi connectivity index (χ1) is 8.83. The normalized spacial score (nSPS) is 17.8. The predicted octanol–water partition coefficient (Wildman–Crippen LogP) is -0.987. The number of likely N-dealkylation sites (N-methyl/N-ethyl adjacent to an activating group) is 1. The van der Waals surface area contributed by atoms with Crippen LogP contribution in [0.3, 0.4) is 0 Å². The number of piperazine rings is 1. The fraction of sp³-hybridized carbons (Fsp3) is 0.917. The second-order valence-electron chi connectivity index (χ2n) is 4.44. The van der Waals surface area contributed by atoms with Gasteiger partial charge in [-0.3, -0.25) is 9.69 Å². The van der Waals surface area contributed by atoms with Crippen LogP contribution in [0.2, 0.25) is 0 Å². The molecule has 0 radical (unpaired) electrons. The Balaban J connectivity index is 1.79. The lowest BCUT2D eigenvalue weighted by Crippen LogP contribution is -2.45. The minimum atomic E-state index is 0.542. The van der Waals surface area contributed by atoms with Crippen LogP contribution < -0.4 is 5.32 Å². The Hall–Kier alpha value is -0.690. The lowest BCUT2D eigenvalue weighted by molar-refractivity contribution is -0.109. The summed E-state index contributed by atoms with van der Waals surface area (Å²) in [6.07, 6.45) is 0.676. The summed E-state index contributed by atoms with van der Waals surface area (Å²) in [4.78, 5) is 14.7. The SMILES string of the molecule is CN1CCN(CCOCCOCCNC=O)CC1. The number of nitrogens with one attached hydrogen (secondary N) is 1. The van der Waals surface area contributed by atoms with E-state index in [1.807, 2.05) is 0 Å². The highest BCUT2D eigenvalue weighted by atomic mass is 16.5. The van der Waals surface area contributed by atoms with Crippen molar-refractivity contribution in [2.75, 3.05) is 72.7 Å². The summed E-state index contributed by atoms with van der Waals surface area (Å²) in [6.45, 7) is 8.63. The highest BCUT2D eigenvalue weighted by molar-refractivity contribution is 5.45. The molecule has 0 saturated carbocycles. The molecule has 0 bridgehead atoms. The molecule has 0 aromatic carbocycles. The van der Waals surface area contributed by atoms with E-state index in [-0.39, 0.29) is 0 Å². The third kappa shape index (κ3) is 7.60. The van der Waals surface area contributed by atoms with Crippen LogP contribution in [0.1, 0.15) is 0 Å². The molecule has 6 nitrogen and oxygen atoms in total.